The molecule has 120 valence electrons. The minimum Gasteiger partial charge on any atom is -0.356 e. The van der Waals surface area contributed by atoms with E-state index in [1.807, 2.05) is 7.05 Å². The van der Waals surface area contributed by atoms with Gasteiger partial charge in [-0.2, -0.15) is 0 Å². The minimum atomic E-state index is 0.555. The number of likely N-dealkylation sites (tertiary alicyclic amines) is 1. The zero-order chi connectivity index (χ0) is 14.9. The lowest BCUT2D eigenvalue weighted by Crippen LogP contribution is -2.45. The molecule has 1 atom stereocenters. The van der Waals surface area contributed by atoms with Crippen molar-refractivity contribution in [3.8, 4) is 0 Å². The highest BCUT2D eigenvalue weighted by molar-refractivity contribution is 5.80. The molecule has 4 nitrogen and oxygen atoms in total. The van der Waals surface area contributed by atoms with Gasteiger partial charge in [-0.05, 0) is 38.5 Å². The first kappa shape index (κ1) is 16.3. The number of hydrogen-bond acceptors (Lipinski definition) is 2. The van der Waals surface area contributed by atoms with Gasteiger partial charge in [0.2, 0.25) is 0 Å². The molecule has 4 heteroatoms. The van der Waals surface area contributed by atoms with E-state index in [1.54, 1.807) is 0 Å². The second-order valence-corrected chi connectivity index (χ2v) is 6.40. The zero-order valence-electron chi connectivity index (χ0n) is 13.8. The lowest BCUT2D eigenvalue weighted by Gasteiger charge is -2.21. The summed E-state index contributed by atoms with van der Waals surface area (Å²) in [5, 5.41) is 6.96. The molecule has 2 rings (SSSR count). The quantitative estimate of drug-likeness (QED) is 0.342. The number of hydrogen-bond donors (Lipinski definition) is 2. The van der Waals surface area contributed by atoms with Gasteiger partial charge in [0.1, 0.15) is 0 Å². The Balaban J connectivity index is 1.65. The third-order valence-electron chi connectivity index (χ3n) is 4.67. The fourth-order valence-electron chi connectivity index (χ4n) is 3.50. The first-order valence-electron chi connectivity index (χ1n) is 8.62. The molecule has 0 radical (unpaired) electrons. The summed E-state index contributed by atoms with van der Waals surface area (Å²) in [4.78, 5) is 6.97. The van der Waals surface area contributed by atoms with Crippen LogP contribution in [-0.2, 0) is 0 Å². The van der Waals surface area contributed by atoms with Crippen molar-refractivity contribution in [2.75, 3.05) is 33.2 Å². The average molecular weight is 292 g/mol. The predicted molar refractivity (Wildman–Crippen MR) is 90.7 cm³/mol. The highest BCUT2D eigenvalue weighted by Crippen LogP contribution is 2.26. The molecule has 1 saturated carbocycles. The molecule has 21 heavy (non-hydrogen) atoms. The Kier molecular flexibility index (Phi) is 7.07. The van der Waals surface area contributed by atoms with Gasteiger partial charge in [0.15, 0.2) is 5.96 Å². The van der Waals surface area contributed by atoms with E-state index in [0.717, 1.165) is 24.8 Å². The smallest absolute Gasteiger partial charge is 0.191 e. The van der Waals surface area contributed by atoms with Gasteiger partial charge in [0.05, 0.1) is 0 Å². The Morgan fingerprint density at radius 2 is 2.10 bits per heavy atom. The number of guanidine groups is 1. The number of allylic oxidation sites excluding steroid dienone is 1. The van der Waals surface area contributed by atoms with Crippen LogP contribution in [0.1, 0.15) is 45.4 Å². The van der Waals surface area contributed by atoms with Crippen molar-refractivity contribution in [1.82, 2.24) is 15.5 Å². The van der Waals surface area contributed by atoms with Crippen LogP contribution in [0.25, 0.3) is 0 Å². The summed E-state index contributed by atoms with van der Waals surface area (Å²) < 4.78 is 0. The van der Waals surface area contributed by atoms with E-state index in [4.69, 9.17) is 0 Å². The molecule has 0 amide bonds. The van der Waals surface area contributed by atoms with Crippen LogP contribution >= 0.6 is 0 Å². The van der Waals surface area contributed by atoms with E-state index < -0.39 is 0 Å². The van der Waals surface area contributed by atoms with E-state index in [0.29, 0.717) is 6.04 Å². The topological polar surface area (TPSA) is 39.7 Å². The normalized spacial score (nSPS) is 25.0. The maximum atomic E-state index is 4.33. The van der Waals surface area contributed by atoms with Crippen molar-refractivity contribution in [2.24, 2.45) is 10.9 Å². The fraction of sp³-hybridized carbons (Fsp3) is 0.824. The fourth-order valence-corrected chi connectivity index (χ4v) is 3.50. The van der Waals surface area contributed by atoms with Crippen LogP contribution in [0.15, 0.2) is 17.1 Å². The van der Waals surface area contributed by atoms with Crippen molar-refractivity contribution < 1.29 is 0 Å². The van der Waals surface area contributed by atoms with Crippen LogP contribution in [0.4, 0.5) is 0 Å². The number of rotatable bonds is 6. The lowest BCUT2D eigenvalue weighted by molar-refractivity contribution is 0.275. The van der Waals surface area contributed by atoms with Gasteiger partial charge < -0.3 is 15.5 Å². The summed E-state index contributed by atoms with van der Waals surface area (Å²) in [6.07, 6.45) is 12.4. The van der Waals surface area contributed by atoms with Crippen molar-refractivity contribution in [2.45, 2.75) is 51.5 Å². The monoisotopic (exact) mass is 292 g/mol. The van der Waals surface area contributed by atoms with E-state index in [-0.39, 0.29) is 0 Å². The summed E-state index contributed by atoms with van der Waals surface area (Å²) in [6.45, 7) is 6.73. The highest BCUT2D eigenvalue weighted by atomic mass is 15.2. The molecule has 1 aliphatic heterocycles. The highest BCUT2D eigenvalue weighted by Gasteiger charge is 2.26. The summed E-state index contributed by atoms with van der Waals surface area (Å²) in [6, 6.07) is 0.555. The van der Waals surface area contributed by atoms with E-state index in [9.17, 15) is 0 Å². The first-order valence-corrected chi connectivity index (χ1v) is 8.62. The summed E-state index contributed by atoms with van der Waals surface area (Å²) in [5.74, 6) is 1.91. The van der Waals surface area contributed by atoms with Gasteiger partial charge in [0.25, 0.3) is 0 Å². The van der Waals surface area contributed by atoms with Crippen molar-refractivity contribution in [3.63, 3.8) is 0 Å². The molecular weight excluding hydrogens is 260 g/mol. The van der Waals surface area contributed by atoms with Gasteiger partial charge in [-0.3, -0.25) is 4.99 Å². The SMILES string of the molecule is CC=CCCNC(=NC)NC1CCN(CC2CCCC2)C1. The van der Waals surface area contributed by atoms with Crippen molar-refractivity contribution >= 4 is 5.96 Å². The lowest BCUT2D eigenvalue weighted by atomic mass is 10.1. The number of nitrogens with one attached hydrogen (secondary N) is 2. The zero-order valence-corrected chi connectivity index (χ0v) is 13.8. The van der Waals surface area contributed by atoms with Gasteiger partial charge in [-0.1, -0.05) is 25.0 Å². The van der Waals surface area contributed by atoms with Gasteiger partial charge in [-0.15, -0.1) is 0 Å². The third kappa shape index (κ3) is 5.70. The van der Waals surface area contributed by atoms with E-state index >= 15 is 0 Å². The molecule has 2 N–H and O–H groups in total. The minimum absolute atomic E-state index is 0.555. The average Bonchev–Trinajstić information content (AvgIpc) is 3.15. The summed E-state index contributed by atoms with van der Waals surface area (Å²) >= 11 is 0. The van der Waals surface area contributed by atoms with Crippen LogP contribution in [-0.4, -0.2) is 50.1 Å². The standard InChI is InChI=1S/C17H32N4/c1-3-4-7-11-19-17(18-2)20-16-10-12-21(14-16)13-15-8-5-6-9-15/h3-4,15-16H,5-14H2,1-2H3,(H2,18,19,20). The van der Waals surface area contributed by atoms with Crippen LogP contribution in [0.5, 0.6) is 0 Å². The Labute approximate surface area is 130 Å². The molecule has 1 saturated heterocycles. The Morgan fingerprint density at radius 1 is 1.29 bits per heavy atom. The van der Waals surface area contributed by atoms with Gasteiger partial charge >= 0.3 is 0 Å². The molecule has 0 bridgehead atoms. The van der Waals surface area contributed by atoms with Crippen molar-refractivity contribution in [1.29, 1.82) is 0 Å². The molecule has 0 spiro atoms. The van der Waals surface area contributed by atoms with Crippen LogP contribution in [0.3, 0.4) is 0 Å². The van der Waals surface area contributed by atoms with Crippen LogP contribution in [0, 0.1) is 5.92 Å². The van der Waals surface area contributed by atoms with Crippen molar-refractivity contribution in [3.05, 3.63) is 12.2 Å². The molecular formula is C17H32N4. The Bertz CT molecular complexity index is 345. The van der Waals surface area contributed by atoms with Crippen LogP contribution in [0.2, 0.25) is 0 Å². The molecule has 1 unspecified atom stereocenters. The molecule has 0 aromatic carbocycles. The number of aliphatic imine (C=N–C) groups is 1. The molecule has 1 heterocycles. The Hall–Kier alpha value is -1.03. The van der Waals surface area contributed by atoms with E-state index in [1.165, 1.54) is 51.7 Å². The first-order chi connectivity index (χ1) is 10.3. The van der Waals surface area contributed by atoms with Gasteiger partial charge in [0, 0.05) is 39.3 Å². The third-order valence-corrected chi connectivity index (χ3v) is 4.67. The van der Waals surface area contributed by atoms with Crippen LogP contribution < -0.4 is 10.6 Å². The molecule has 2 aliphatic rings. The van der Waals surface area contributed by atoms with E-state index in [2.05, 4.69) is 39.6 Å². The molecule has 1 aliphatic carbocycles. The molecule has 0 aromatic heterocycles. The predicted octanol–water partition coefficient (Wildman–Crippen LogP) is 2.38. The maximum Gasteiger partial charge on any atom is 0.191 e. The molecule has 2 fully saturated rings. The number of nitrogens with zero attached hydrogens (tertiary/aromatic N) is 2. The second kappa shape index (κ2) is 9.08. The summed E-state index contributed by atoms with van der Waals surface area (Å²) in [5.41, 5.74) is 0. The second-order valence-electron chi connectivity index (χ2n) is 6.40. The largest absolute Gasteiger partial charge is 0.356 e. The molecule has 0 aromatic rings. The summed E-state index contributed by atoms with van der Waals surface area (Å²) in [7, 11) is 1.86. The Morgan fingerprint density at radius 3 is 2.81 bits per heavy atom. The maximum absolute atomic E-state index is 4.33. The van der Waals surface area contributed by atoms with Gasteiger partial charge in [-0.25, -0.2) is 0 Å².